The number of anilines is 1. The van der Waals surface area contributed by atoms with Crippen LogP contribution in [0.1, 0.15) is 12.5 Å². The third-order valence-corrected chi connectivity index (χ3v) is 2.91. The van der Waals surface area contributed by atoms with Crippen LogP contribution in [0.25, 0.3) is 0 Å². The lowest BCUT2D eigenvalue weighted by Gasteiger charge is -2.24. The molecule has 0 aliphatic rings. The average Bonchev–Trinajstić information content (AvgIpc) is 2.19. The van der Waals surface area contributed by atoms with E-state index in [4.69, 9.17) is 16.7 Å². The number of carboxylic acids is 1. The maximum absolute atomic E-state index is 10.8. The summed E-state index contributed by atoms with van der Waals surface area (Å²) in [6.07, 6.45) is 0. The fourth-order valence-corrected chi connectivity index (χ4v) is 1.37. The van der Waals surface area contributed by atoms with E-state index >= 15 is 0 Å². The SMILES string of the molecule is Cc1ccc(N(C)C(C)C(=O)O)cc1Cl. The summed E-state index contributed by atoms with van der Waals surface area (Å²) in [5, 5.41) is 9.51. The van der Waals surface area contributed by atoms with Crippen LogP contribution in [-0.2, 0) is 4.79 Å². The Balaban J connectivity index is 2.96. The number of carboxylic acid groups (broad SMARTS) is 1. The fourth-order valence-electron chi connectivity index (χ4n) is 1.19. The second kappa shape index (κ2) is 4.53. The molecule has 1 unspecified atom stereocenters. The largest absolute Gasteiger partial charge is 0.480 e. The maximum Gasteiger partial charge on any atom is 0.326 e. The zero-order valence-corrected chi connectivity index (χ0v) is 9.75. The van der Waals surface area contributed by atoms with Crippen molar-refractivity contribution in [1.29, 1.82) is 0 Å². The van der Waals surface area contributed by atoms with E-state index in [9.17, 15) is 4.79 Å². The first-order chi connectivity index (χ1) is 6.93. The number of carbonyl (C=O) groups is 1. The monoisotopic (exact) mass is 227 g/mol. The summed E-state index contributed by atoms with van der Waals surface area (Å²) in [6.45, 7) is 3.54. The molecule has 3 nitrogen and oxygen atoms in total. The van der Waals surface area contributed by atoms with Crippen molar-refractivity contribution in [2.24, 2.45) is 0 Å². The van der Waals surface area contributed by atoms with Crippen molar-refractivity contribution in [3.8, 4) is 0 Å². The highest BCUT2D eigenvalue weighted by Crippen LogP contribution is 2.23. The molecule has 0 amide bonds. The first kappa shape index (κ1) is 11.9. The van der Waals surface area contributed by atoms with E-state index in [2.05, 4.69) is 0 Å². The lowest BCUT2D eigenvalue weighted by atomic mass is 10.2. The Morgan fingerprint density at radius 3 is 2.60 bits per heavy atom. The van der Waals surface area contributed by atoms with Gasteiger partial charge in [0.05, 0.1) is 0 Å². The van der Waals surface area contributed by atoms with Gasteiger partial charge in [0.15, 0.2) is 0 Å². The Morgan fingerprint density at radius 2 is 2.13 bits per heavy atom. The molecule has 0 aromatic heterocycles. The number of rotatable bonds is 3. The van der Waals surface area contributed by atoms with Crippen LogP contribution >= 0.6 is 11.6 Å². The Kier molecular flexibility index (Phi) is 3.58. The molecule has 0 aliphatic carbocycles. The molecule has 82 valence electrons. The summed E-state index contributed by atoms with van der Waals surface area (Å²) in [4.78, 5) is 12.5. The van der Waals surface area contributed by atoms with E-state index in [0.717, 1.165) is 11.3 Å². The van der Waals surface area contributed by atoms with Crippen molar-refractivity contribution in [2.45, 2.75) is 19.9 Å². The number of aliphatic carboxylic acids is 1. The van der Waals surface area contributed by atoms with Gasteiger partial charge in [-0.05, 0) is 31.5 Å². The van der Waals surface area contributed by atoms with E-state index in [1.54, 1.807) is 24.9 Å². The lowest BCUT2D eigenvalue weighted by molar-refractivity contribution is -0.138. The summed E-state index contributed by atoms with van der Waals surface area (Å²) >= 11 is 5.97. The van der Waals surface area contributed by atoms with Gasteiger partial charge >= 0.3 is 5.97 Å². The first-order valence-corrected chi connectivity index (χ1v) is 5.03. The van der Waals surface area contributed by atoms with Gasteiger partial charge in [-0.25, -0.2) is 4.79 Å². The van der Waals surface area contributed by atoms with E-state index in [-0.39, 0.29) is 0 Å². The van der Waals surface area contributed by atoms with Crippen molar-refractivity contribution in [3.05, 3.63) is 28.8 Å². The summed E-state index contributed by atoms with van der Waals surface area (Å²) in [7, 11) is 1.74. The molecule has 0 saturated heterocycles. The summed E-state index contributed by atoms with van der Waals surface area (Å²) in [6, 6.07) is 4.95. The second-order valence-corrected chi connectivity index (χ2v) is 3.97. The Bertz CT molecular complexity index is 379. The number of benzene rings is 1. The highest BCUT2D eigenvalue weighted by Gasteiger charge is 2.17. The molecule has 0 fully saturated rings. The molecule has 0 heterocycles. The first-order valence-electron chi connectivity index (χ1n) is 4.65. The van der Waals surface area contributed by atoms with Crippen molar-refractivity contribution in [3.63, 3.8) is 0 Å². The number of hydrogen-bond acceptors (Lipinski definition) is 2. The van der Waals surface area contributed by atoms with Gasteiger partial charge in [-0.2, -0.15) is 0 Å². The molecule has 1 N–H and O–H groups in total. The molecule has 0 spiro atoms. The molecule has 15 heavy (non-hydrogen) atoms. The van der Waals surface area contributed by atoms with Crippen molar-refractivity contribution in [1.82, 2.24) is 0 Å². The molecule has 1 aromatic rings. The van der Waals surface area contributed by atoms with E-state index < -0.39 is 12.0 Å². The third kappa shape index (κ3) is 2.63. The molecule has 1 atom stereocenters. The number of aryl methyl sites for hydroxylation is 1. The van der Waals surface area contributed by atoms with Crippen LogP contribution in [0.15, 0.2) is 18.2 Å². The number of likely N-dealkylation sites (N-methyl/N-ethyl adjacent to an activating group) is 1. The van der Waals surface area contributed by atoms with Crippen LogP contribution in [0.4, 0.5) is 5.69 Å². The normalized spacial score (nSPS) is 12.3. The van der Waals surface area contributed by atoms with Gasteiger partial charge in [-0.1, -0.05) is 17.7 Å². The van der Waals surface area contributed by atoms with Crippen LogP contribution in [0.3, 0.4) is 0 Å². The molecule has 0 radical (unpaired) electrons. The summed E-state index contributed by atoms with van der Waals surface area (Å²) in [5.41, 5.74) is 1.79. The smallest absolute Gasteiger partial charge is 0.326 e. The van der Waals surface area contributed by atoms with Crippen molar-refractivity contribution >= 4 is 23.3 Å². The van der Waals surface area contributed by atoms with Gasteiger partial charge in [-0.15, -0.1) is 0 Å². The fraction of sp³-hybridized carbons (Fsp3) is 0.364. The molecule has 1 aromatic carbocycles. The van der Waals surface area contributed by atoms with Crippen LogP contribution in [0.2, 0.25) is 5.02 Å². The predicted octanol–water partition coefficient (Wildman–Crippen LogP) is 2.56. The highest BCUT2D eigenvalue weighted by molar-refractivity contribution is 6.31. The Hall–Kier alpha value is -1.22. The van der Waals surface area contributed by atoms with Gasteiger partial charge in [0.1, 0.15) is 6.04 Å². The molecular weight excluding hydrogens is 214 g/mol. The molecule has 0 saturated carbocycles. The van der Waals surface area contributed by atoms with E-state index in [0.29, 0.717) is 5.02 Å². The predicted molar refractivity (Wildman–Crippen MR) is 61.7 cm³/mol. The minimum atomic E-state index is -0.853. The Labute approximate surface area is 94.3 Å². The highest BCUT2D eigenvalue weighted by atomic mass is 35.5. The van der Waals surface area contributed by atoms with Gasteiger partial charge in [0.2, 0.25) is 0 Å². The zero-order chi connectivity index (χ0) is 11.6. The number of halogens is 1. The topological polar surface area (TPSA) is 40.5 Å². The minimum absolute atomic E-state index is 0.566. The minimum Gasteiger partial charge on any atom is -0.480 e. The van der Waals surface area contributed by atoms with Gasteiger partial charge in [0, 0.05) is 17.8 Å². The summed E-state index contributed by atoms with van der Waals surface area (Å²) < 4.78 is 0. The third-order valence-electron chi connectivity index (χ3n) is 2.50. The van der Waals surface area contributed by atoms with Crippen LogP contribution < -0.4 is 4.90 Å². The van der Waals surface area contributed by atoms with Crippen molar-refractivity contribution in [2.75, 3.05) is 11.9 Å². The van der Waals surface area contributed by atoms with E-state index in [1.165, 1.54) is 0 Å². The maximum atomic E-state index is 10.8. The molecule has 0 aliphatic heterocycles. The van der Waals surface area contributed by atoms with Crippen molar-refractivity contribution < 1.29 is 9.90 Å². The number of nitrogens with zero attached hydrogens (tertiary/aromatic N) is 1. The summed E-state index contributed by atoms with van der Waals surface area (Å²) in [5.74, 6) is -0.853. The van der Waals surface area contributed by atoms with Crippen LogP contribution in [0.5, 0.6) is 0 Å². The Morgan fingerprint density at radius 1 is 1.53 bits per heavy atom. The van der Waals surface area contributed by atoms with E-state index in [1.807, 2.05) is 19.1 Å². The second-order valence-electron chi connectivity index (χ2n) is 3.56. The average molecular weight is 228 g/mol. The van der Waals surface area contributed by atoms with Crippen LogP contribution in [-0.4, -0.2) is 24.2 Å². The molecular formula is C11H14ClNO2. The molecule has 1 rings (SSSR count). The van der Waals surface area contributed by atoms with Crippen LogP contribution in [0, 0.1) is 6.92 Å². The standard InChI is InChI=1S/C11H14ClNO2/c1-7-4-5-9(6-10(7)12)13(3)8(2)11(14)15/h4-6,8H,1-3H3,(H,14,15). The lowest BCUT2D eigenvalue weighted by Crippen LogP contribution is -2.35. The number of hydrogen-bond donors (Lipinski definition) is 1. The van der Waals surface area contributed by atoms with Gasteiger partial charge < -0.3 is 10.0 Å². The van der Waals surface area contributed by atoms with Gasteiger partial charge in [0.25, 0.3) is 0 Å². The molecule has 0 bridgehead atoms. The zero-order valence-electron chi connectivity index (χ0n) is 8.99. The quantitative estimate of drug-likeness (QED) is 0.863. The van der Waals surface area contributed by atoms with Gasteiger partial charge in [-0.3, -0.25) is 0 Å². The molecule has 4 heteroatoms.